The number of halogens is 1. The van der Waals surface area contributed by atoms with Crippen molar-refractivity contribution in [3.8, 4) is 0 Å². The van der Waals surface area contributed by atoms with Crippen molar-refractivity contribution >= 4 is 39.8 Å². The van der Waals surface area contributed by atoms with E-state index in [1.807, 2.05) is 19.2 Å². The van der Waals surface area contributed by atoms with Crippen LogP contribution in [0.4, 0.5) is 4.79 Å². The van der Waals surface area contributed by atoms with E-state index in [4.69, 9.17) is 15.9 Å². The van der Waals surface area contributed by atoms with Crippen LogP contribution >= 0.6 is 15.9 Å². The lowest BCUT2D eigenvalue weighted by atomic mass is 10.0. The first-order chi connectivity index (χ1) is 30.0. The molecule has 370 valence electrons. The van der Waals surface area contributed by atoms with Crippen molar-refractivity contribution in [2.24, 2.45) is 5.73 Å². The first kappa shape index (κ1) is 64.8. The molecule has 0 saturated carbocycles. The number of aliphatic hydroxyl groups is 2. The zero-order valence-corrected chi connectivity index (χ0v) is 43.0. The molecule has 3 amide bonds. The van der Waals surface area contributed by atoms with Crippen LogP contribution < -0.4 is 11.1 Å². The number of nitrogens with two attached hydrogens (primary N) is 1. The standard InChI is InChI=1S/C25H48O5.C20H42.C7H13BrN2O2/c1-2-3-4-5-6-7-8-9-10-11-12-13-14-15-16-17-18-19-20-21-24(28)30-25(29)23(27)22-26;1-3-5-7-9-11-13-15-17-19-20-18-16-14-12-10-8-6-4-2;1-3-7(8,4-2)5(11)10-6(9)12/h23,26-27H,2-22H2,1H3;3-20H2,1-2H3;3-4H2,1-2H3,(H3,9,10,11,12). The molecule has 0 heterocycles. The number of rotatable bonds is 42. The van der Waals surface area contributed by atoms with E-state index >= 15 is 0 Å². The Hall–Kier alpha value is -1.52. The van der Waals surface area contributed by atoms with Crippen LogP contribution in [0, 0.1) is 0 Å². The van der Waals surface area contributed by atoms with Gasteiger partial charge in [-0.15, -0.1) is 0 Å². The molecule has 0 rings (SSSR count). The summed E-state index contributed by atoms with van der Waals surface area (Å²) in [4.78, 5) is 44.2. The number of primary amides is 1. The largest absolute Gasteiger partial charge is 0.393 e. The second-order valence-electron chi connectivity index (χ2n) is 17.8. The van der Waals surface area contributed by atoms with Gasteiger partial charge in [0.2, 0.25) is 5.91 Å². The Balaban J connectivity index is -0.000000931. The van der Waals surface area contributed by atoms with Crippen LogP contribution in [0.3, 0.4) is 0 Å². The van der Waals surface area contributed by atoms with Gasteiger partial charge >= 0.3 is 18.0 Å². The molecule has 0 aromatic heterocycles. The molecule has 0 spiro atoms. The van der Waals surface area contributed by atoms with E-state index in [0.717, 1.165) is 12.8 Å². The number of carbonyl (C=O) groups excluding carboxylic acids is 4. The van der Waals surface area contributed by atoms with Gasteiger partial charge in [-0.25, -0.2) is 9.59 Å². The van der Waals surface area contributed by atoms with Gasteiger partial charge in [-0.2, -0.15) is 0 Å². The van der Waals surface area contributed by atoms with Crippen LogP contribution in [-0.4, -0.2) is 51.1 Å². The fourth-order valence-corrected chi connectivity index (χ4v) is 7.52. The molecule has 0 aliphatic rings. The summed E-state index contributed by atoms with van der Waals surface area (Å²) in [6.45, 7) is 9.85. The molecule has 0 radical (unpaired) electrons. The Morgan fingerprint density at radius 2 is 0.726 bits per heavy atom. The van der Waals surface area contributed by atoms with E-state index in [9.17, 15) is 19.2 Å². The summed E-state index contributed by atoms with van der Waals surface area (Å²) in [5, 5.41) is 19.7. The molecule has 1 atom stereocenters. The monoisotopic (exact) mass is 947 g/mol. The second kappa shape index (κ2) is 52.1. The van der Waals surface area contributed by atoms with Gasteiger partial charge in [0.25, 0.3) is 0 Å². The summed E-state index contributed by atoms with van der Waals surface area (Å²) in [6, 6.07) is -0.814. The van der Waals surface area contributed by atoms with Gasteiger partial charge < -0.3 is 20.7 Å². The highest BCUT2D eigenvalue weighted by Gasteiger charge is 2.32. The molecule has 9 nitrogen and oxygen atoms in total. The molecule has 62 heavy (non-hydrogen) atoms. The number of alkyl halides is 1. The van der Waals surface area contributed by atoms with Crippen LogP contribution in [-0.2, 0) is 19.1 Å². The predicted molar refractivity (Wildman–Crippen MR) is 267 cm³/mol. The van der Waals surface area contributed by atoms with Gasteiger partial charge in [0, 0.05) is 6.42 Å². The Bertz CT molecular complexity index is 961. The summed E-state index contributed by atoms with van der Waals surface area (Å²) in [6.07, 6.45) is 50.8. The Labute approximate surface area is 391 Å². The van der Waals surface area contributed by atoms with E-state index in [1.165, 1.54) is 218 Å². The molecular weight excluding hydrogens is 844 g/mol. The van der Waals surface area contributed by atoms with Gasteiger partial charge in [0.15, 0.2) is 6.10 Å². The van der Waals surface area contributed by atoms with Crippen molar-refractivity contribution in [2.75, 3.05) is 6.61 Å². The molecular formula is C52H103BrN2O7. The summed E-state index contributed by atoms with van der Waals surface area (Å²) in [5.41, 5.74) is 4.81. The van der Waals surface area contributed by atoms with Crippen LogP contribution in [0.2, 0.25) is 0 Å². The topological polar surface area (TPSA) is 156 Å². The number of amides is 3. The molecule has 5 N–H and O–H groups in total. The highest BCUT2D eigenvalue weighted by Crippen LogP contribution is 2.26. The molecule has 0 aliphatic carbocycles. The van der Waals surface area contributed by atoms with Crippen molar-refractivity contribution in [1.29, 1.82) is 0 Å². The van der Waals surface area contributed by atoms with Crippen molar-refractivity contribution in [1.82, 2.24) is 5.32 Å². The lowest BCUT2D eigenvalue weighted by molar-refractivity contribution is -0.167. The zero-order chi connectivity index (χ0) is 46.8. The van der Waals surface area contributed by atoms with E-state index in [1.54, 1.807) is 0 Å². The highest BCUT2D eigenvalue weighted by molar-refractivity contribution is 9.10. The predicted octanol–water partition coefficient (Wildman–Crippen LogP) is 15.4. The van der Waals surface area contributed by atoms with Crippen LogP contribution in [0.25, 0.3) is 0 Å². The van der Waals surface area contributed by atoms with Crippen molar-refractivity contribution in [3.63, 3.8) is 0 Å². The minimum absolute atomic E-state index is 0.183. The van der Waals surface area contributed by atoms with E-state index in [2.05, 4.69) is 41.4 Å². The lowest BCUT2D eigenvalue weighted by Crippen LogP contribution is -2.46. The number of ether oxygens (including phenoxy) is 1. The van der Waals surface area contributed by atoms with Crippen molar-refractivity contribution < 1.29 is 34.1 Å². The molecule has 0 fully saturated rings. The number of hydrogen-bond acceptors (Lipinski definition) is 7. The Morgan fingerprint density at radius 1 is 0.484 bits per heavy atom. The Morgan fingerprint density at radius 3 is 0.935 bits per heavy atom. The molecule has 0 aliphatic heterocycles. The van der Waals surface area contributed by atoms with E-state index in [0.29, 0.717) is 19.3 Å². The maximum Gasteiger partial charge on any atom is 0.345 e. The Kier molecular flexibility index (Phi) is 54.4. The van der Waals surface area contributed by atoms with Crippen LogP contribution in [0.5, 0.6) is 0 Å². The van der Waals surface area contributed by atoms with Gasteiger partial charge in [-0.3, -0.25) is 14.9 Å². The number of esters is 2. The van der Waals surface area contributed by atoms with Crippen molar-refractivity contribution in [3.05, 3.63) is 0 Å². The third-order valence-electron chi connectivity index (χ3n) is 11.9. The average Bonchev–Trinajstić information content (AvgIpc) is 3.26. The molecule has 0 bridgehead atoms. The maximum absolute atomic E-state index is 11.4. The maximum atomic E-state index is 11.4. The van der Waals surface area contributed by atoms with Gasteiger partial charge in [-0.1, -0.05) is 282 Å². The summed E-state index contributed by atoms with van der Waals surface area (Å²) >= 11 is 3.26. The van der Waals surface area contributed by atoms with E-state index < -0.39 is 35.0 Å². The van der Waals surface area contributed by atoms with Gasteiger partial charge in [0.05, 0.1) is 6.61 Å². The van der Waals surface area contributed by atoms with Gasteiger partial charge in [0.1, 0.15) is 4.32 Å². The van der Waals surface area contributed by atoms with Crippen molar-refractivity contribution in [2.45, 2.75) is 302 Å². The first-order valence-electron chi connectivity index (χ1n) is 26.3. The first-order valence-corrected chi connectivity index (χ1v) is 27.1. The lowest BCUT2D eigenvalue weighted by Gasteiger charge is -2.21. The van der Waals surface area contributed by atoms with Gasteiger partial charge in [-0.05, 0) is 19.3 Å². The summed E-state index contributed by atoms with van der Waals surface area (Å²) < 4.78 is 3.79. The zero-order valence-electron chi connectivity index (χ0n) is 41.5. The van der Waals surface area contributed by atoms with Crippen LogP contribution in [0.15, 0.2) is 0 Å². The fourth-order valence-electron chi connectivity index (χ4n) is 7.42. The summed E-state index contributed by atoms with van der Waals surface area (Å²) in [7, 11) is 0. The quantitative estimate of drug-likeness (QED) is 0.0205. The normalized spacial score (nSPS) is 11.5. The molecule has 1 unspecified atom stereocenters. The number of imide groups is 1. The molecule has 10 heteroatoms. The number of urea groups is 1. The third kappa shape index (κ3) is 49.5. The summed E-state index contributed by atoms with van der Waals surface area (Å²) in [5.74, 6) is -2.07. The third-order valence-corrected chi connectivity index (χ3v) is 13.3. The molecule has 0 saturated heterocycles. The smallest absolute Gasteiger partial charge is 0.345 e. The number of hydrogen-bond donors (Lipinski definition) is 4. The number of unbranched alkanes of at least 4 members (excludes halogenated alkanes) is 35. The SMILES string of the molecule is CCC(Br)(CC)C(=O)NC(N)=O.CCCCCCCCCCCCCCCCCCCC.CCCCCCCCCCCCCCCCCCCCCC(=O)OC(=O)C(O)CO. The molecule has 0 aromatic rings. The minimum atomic E-state index is -1.63. The van der Waals surface area contributed by atoms with Crippen LogP contribution in [0.1, 0.15) is 291 Å². The highest BCUT2D eigenvalue weighted by atomic mass is 79.9. The second-order valence-corrected chi connectivity index (χ2v) is 19.3. The van der Waals surface area contributed by atoms with E-state index in [-0.39, 0.29) is 12.3 Å². The fraction of sp³-hybridized carbons (Fsp3) is 0.923. The minimum Gasteiger partial charge on any atom is -0.393 e. The number of carbonyl (C=O) groups is 4. The average molecular weight is 948 g/mol. The number of aliphatic hydroxyl groups excluding tert-OH is 2. The number of nitrogens with one attached hydrogen (secondary N) is 1. The molecule has 0 aromatic carbocycles.